The van der Waals surface area contributed by atoms with Gasteiger partial charge in [-0.15, -0.1) is 0 Å². The molecule has 7 heteroatoms. The van der Waals surface area contributed by atoms with Crippen LogP contribution in [-0.2, 0) is 17.6 Å². The van der Waals surface area contributed by atoms with Gasteiger partial charge < -0.3 is 13.9 Å². The molecule has 1 aromatic heterocycles. The van der Waals surface area contributed by atoms with Gasteiger partial charge in [0, 0.05) is 17.5 Å². The zero-order valence-electron chi connectivity index (χ0n) is 16.3. The second kappa shape index (κ2) is 8.73. The van der Waals surface area contributed by atoms with E-state index in [1.165, 1.54) is 5.56 Å². The fourth-order valence-corrected chi connectivity index (χ4v) is 3.20. The minimum absolute atomic E-state index is 0.162. The van der Waals surface area contributed by atoms with E-state index in [1.54, 1.807) is 26.0 Å². The molecule has 2 aromatic rings. The normalized spacial score (nSPS) is 14.5. The Bertz CT molecular complexity index is 896. The van der Waals surface area contributed by atoms with Gasteiger partial charge in [-0.3, -0.25) is 0 Å². The van der Waals surface area contributed by atoms with Gasteiger partial charge in [0.1, 0.15) is 11.5 Å². The van der Waals surface area contributed by atoms with Crippen LogP contribution in [0, 0.1) is 6.92 Å². The summed E-state index contributed by atoms with van der Waals surface area (Å²) >= 11 is 0. The predicted octanol–water partition coefficient (Wildman–Crippen LogP) is 4.16. The van der Waals surface area contributed by atoms with Crippen LogP contribution in [0.5, 0.6) is 5.75 Å². The van der Waals surface area contributed by atoms with Gasteiger partial charge in [-0.1, -0.05) is 19.1 Å². The second-order valence-corrected chi connectivity index (χ2v) is 6.49. The lowest BCUT2D eigenvalue weighted by molar-refractivity contribution is 0.0698. The number of aryl methyl sites for hydroxylation is 2. The lowest BCUT2D eigenvalue weighted by atomic mass is 9.93. The predicted molar refractivity (Wildman–Crippen MR) is 104 cm³/mol. The summed E-state index contributed by atoms with van der Waals surface area (Å²) in [7, 11) is 0. The van der Waals surface area contributed by atoms with Crippen molar-refractivity contribution in [1.29, 1.82) is 0 Å². The van der Waals surface area contributed by atoms with Crippen LogP contribution in [-0.4, -0.2) is 24.4 Å². The van der Waals surface area contributed by atoms with Crippen molar-refractivity contribution >= 4 is 17.8 Å². The van der Waals surface area contributed by atoms with Crippen molar-refractivity contribution in [3.63, 3.8) is 0 Å². The number of hydrogen-bond donors (Lipinski definition) is 1. The molecule has 1 amide bonds. The molecule has 1 aliphatic carbocycles. The van der Waals surface area contributed by atoms with Crippen LogP contribution < -0.4 is 10.2 Å². The number of hydrogen-bond acceptors (Lipinski definition) is 6. The van der Waals surface area contributed by atoms with Gasteiger partial charge in [0.15, 0.2) is 0 Å². The van der Waals surface area contributed by atoms with Gasteiger partial charge in [-0.25, -0.2) is 15.0 Å². The maximum absolute atomic E-state index is 12.6. The van der Waals surface area contributed by atoms with Crippen molar-refractivity contribution in [1.82, 2.24) is 5.43 Å². The standard InChI is InChI=1S/C21H24N2O5/c1-4-14-9-11-15(12-10-14)27-20(24)19-13(3)18-16(7-6-8-17(18)28-19)22-23-21(25)26-5-2/h9-12H,4-8H2,1-3H3,(H,23,25)/b22-16+. The summed E-state index contributed by atoms with van der Waals surface area (Å²) in [4.78, 5) is 24.1. The second-order valence-electron chi connectivity index (χ2n) is 6.49. The Morgan fingerprint density at radius 2 is 1.93 bits per heavy atom. The lowest BCUT2D eigenvalue weighted by Gasteiger charge is -2.13. The van der Waals surface area contributed by atoms with Crippen LogP contribution in [0.3, 0.4) is 0 Å². The summed E-state index contributed by atoms with van der Waals surface area (Å²) < 4.78 is 16.1. The molecule has 0 spiro atoms. The number of hydrazone groups is 1. The minimum atomic E-state index is -0.613. The van der Waals surface area contributed by atoms with E-state index < -0.39 is 12.1 Å². The first-order valence-electron chi connectivity index (χ1n) is 9.46. The number of nitrogens with zero attached hydrogens (tertiary/aromatic N) is 1. The van der Waals surface area contributed by atoms with Gasteiger partial charge in [-0.2, -0.15) is 5.10 Å². The molecular weight excluding hydrogens is 360 g/mol. The maximum atomic E-state index is 12.6. The van der Waals surface area contributed by atoms with E-state index in [9.17, 15) is 9.59 Å². The van der Waals surface area contributed by atoms with Crippen molar-refractivity contribution in [3.05, 3.63) is 52.5 Å². The molecule has 0 aliphatic heterocycles. The fourth-order valence-electron chi connectivity index (χ4n) is 3.20. The van der Waals surface area contributed by atoms with Crippen LogP contribution in [0.1, 0.15) is 59.7 Å². The van der Waals surface area contributed by atoms with Crippen LogP contribution >= 0.6 is 0 Å². The van der Waals surface area contributed by atoms with E-state index in [0.717, 1.165) is 18.4 Å². The van der Waals surface area contributed by atoms with Crippen LogP contribution in [0.25, 0.3) is 0 Å². The average molecular weight is 384 g/mol. The largest absolute Gasteiger partial charge is 0.453 e. The quantitative estimate of drug-likeness (QED) is 0.475. The first-order valence-corrected chi connectivity index (χ1v) is 9.46. The third-order valence-electron chi connectivity index (χ3n) is 4.61. The fraction of sp³-hybridized carbons (Fsp3) is 0.381. The molecule has 7 nitrogen and oxygen atoms in total. The molecule has 28 heavy (non-hydrogen) atoms. The Kier molecular flexibility index (Phi) is 6.13. The Morgan fingerprint density at radius 1 is 1.18 bits per heavy atom. The number of rotatable bonds is 5. The molecule has 0 atom stereocenters. The summed E-state index contributed by atoms with van der Waals surface area (Å²) in [6.07, 6.45) is 2.49. The van der Waals surface area contributed by atoms with Crippen molar-refractivity contribution in [2.75, 3.05) is 6.61 Å². The number of ether oxygens (including phenoxy) is 2. The van der Waals surface area contributed by atoms with Gasteiger partial charge in [0.25, 0.3) is 0 Å². The zero-order chi connectivity index (χ0) is 20.1. The molecule has 1 aliphatic rings. The molecule has 1 aromatic carbocycles. The SMILES string of the molecule is CCOC(=O)N/N=C1\CCCc2oc(C(=O)Oc3ccc(CC)cc3)c(C)c21. The molecule has 1 N–H and O–H groups in total. The Balaban J connectivity index is 1.81. The number of nitrogens with one attached hydrogen (secondary N) is 1. The number of esters is 1. The summed E-state index contributed by atoms with van der Waals surface area (Å²) in [6, 6.07) is 7.39. The molecule has 0 radical (unpaired) electrons. The highest BCUT2D eigenvalue weighted by molar-refractivity contribution is 6.06. The Labute approximate surface area is 163 Å². The summed E-state index contributed by atoms with van der Waals surface area (Å²) in [5.74, 6) is 0.763. The van der Waals surface area contributed by atoms with Crippen LogP contribution in [0.15, 0.2) is 33.8 Å². The topological polar surface area (TPSA) is 90.1 Å². The number of carbonyl (C=O) groups is 2. The van der Waals surface area contributed by atoms with E-state index in [-0.39, 0.29) is 12.4 Å². The molecule has 148 valence electrons. The van der Waals surface area contributed by atoms with E-state index in [1.807, 2.05) is 12.1 Å². The Hall–Kier alpha value is -3.09. The number of carbonyl (C=O) groups excluding carboxylic acids is 2. The van der Waals surface area contributed by atoms with Gasteiger partial charge in [0.05, 0.1) is 12.3 Å². The van der Waals surface area contributed by atoms with Crippen molar-refractivity contribution < 1.29 is 23.5 Å². The van der Waals surface area contributed by atoms with E-state index in [2.05, 4.69) is 17.5 Å². The summed E-state index contributed by atoms with van der Waals surface area (Å²) in [6.45, 7) is 5.85. The first kappa shape index (κ1) is 19.7. The molecule has 0 fully saturated rings. The number of furan rings is 1. The highest BCUT2D eigenvalue weighted by Gasteiger charge is 2.29. The zero-order valence-corrected chi connectivity index (χ0v) is 16.3. The highest BCUT2D eigenvalue weighted by Crippen LogP contribution is 2.30. The first-order chi connectivity index (χ1) is 13.5. The minimum Gasteiger partial charge on any atom is -0.453 e. The van der Waals surface area contributed by atoms with E-state index >= 15 is 0 Å². The summed E-state index contributed by atoms with van der Waals surface area (Å²) in [5.41, 5.74) is 5.64. The van der Waals surface area contributed by atoms with Crippen LogP contribution in [0.2, 0.25) is 0 Å². The Morgan fingerprint density at radius 3 is 2.61 bits per heavy atom. The van der Waals surface area contributed by atoms with E-state index in [4.69, 9.17) is 13.9 Å². The number of amides is 1. The smallest absolute Gasteiger partial charge is 0.427 e. The summed E-state index contributed by atoms with van der Waals surface area (Å²) in [5, 5.41) is 4.16. The molecule has 0 unspecified atom stereocenters. The van der Waals surface area contributed by atoms with Crippen molar-refractivity contribution in [3.8, 4) is 5.75 Å². The van der Waals surface area contributed by atoms with Crippen molar-refractivity contribution in [2.45, 2.75) is 46.5 Å². The van der Waals surface area contributed by atoms with Crippen molar-refractivity contribution in [2.24, 2.45) is 5.10 Å². The molecule has 0 saturated carbocycles. The highest BCUT2D eigenvalue weighted by atomic mass is 16.6. The van der Waals surface area contributed by atoms with Gasteiger partial charge in [0.2, 0.25) is 5.76 Å². The monoisotopic (exact) mass is 384 g/mol. The molecule has 1 heterocycles. The molecule has 0 saturated heterocycles. The lowest BCUT2D eigenvalue weighted by Crippen LogP contribution is -2.22. The van der Waals surface area contributed by atoms with Crippen LogP contribution in [0.4, 0.5) is 4.79 Å². The third-order valence-corrected chi connectivity index (χ3v) is 4.61. The molecule has 3 rings (SSSR count). The molecular formula is C21H24N2O5. The third kappa shape index (κ3) is 4.24. The number of fused-ring (bicyclic) bond motifs is 1. The average Bonchev–Trinajstić information content (AvgIpc) is 3.04. The molecule has 0 bridgehead atoms. The maximum Gasteiger partial charge on any atom is 0.427 e. The number of benzene rings is 1. The van der Waals surface area contributed by atoms with Gasteiger partial charge >= 0.3 is 12.1 Å². The van der Waals surface area contributed by atoms with Gasteiger partial charge in [-0.05, 0) is 50.8 Å². The van der Waals surface area contributed by atoms with E-state index in [0.29, 0.717) is 35.6 Å².